The van der Waals surface area contributed by atoms with Crippen molar-refractivity contribution in [3.05, 3.63) is 58.5 Å². The molecule has 0 aliphatic carbocycles. The molecule has 3 aromatic rings. The number of thioether (sulfide) groups is 1. The largest absolute Gasteiger partial charge is 0.310 e. The van der Waals surface area contributed by atoms with Crippen LogP contribution in [-0.2, 0) is 4.79 Å². The summed E-state index contributed by atoms with van der Waals surface area (Å²) in [4.78, 5) is 16.3. The number of nitrogens with one attached hydrogen (secondary N) is 1. The first-order chi connectivity index (χ1) is 12.0. The predicted molar refractivity (Wildman–Crippen MR) is 102 cm³/mol. The number of rotatable bonds is 5. The number of benzene rings is 1. The number of hydrogen-bond donors (Lipinski definition) is 1. The molecule has 0 atom stereocenters. The fourth-order valence-corrected chi connectivity index (χ4v) is 3.31. The molecule has 6 nitrogen and oxygen atoms in total. The third-order valence-corrected chi connectivity index (χ3v) is 4.88. The van der Waals surface area contributed by atoms with Crippen LogP contribution in [0.15, 0.2) is 52.2 Å². The molecule has 0 spiro atoms. The van der Waals surface area contributed by atoms with Crippen LogP contribution in [0.2, 0.25) is 0 Å². The zero-order valence-corrected chi connectivity index (χ0v) is 16.1. The SMILES string of the molecule is Cc1ccccc1-n1c(C)nnc1SCC(=O)Nc1ccc(Br)cn1. The van der Waals surface area contributed by atoms with Crippen molar-refractivity contribution in [3.8, 4) is 5.69 Å². The van der Waals surface area contributed by atoms with E-state index in [1.807, 2.05) is 48.7 Å². The van der Waals surface area contributed by atoms with Crippen molar-refractivity contribution in [2.45, 2.75) is 19.0 Å². The number of nitrogens with zero attached hydrogens (tertiary/aromatic N) is 4. The summed E-state index contributed by atoms with van der Waals surface area (Å²) >= 11 is 4.66. The van der Waals surface area contributed by atoms with Crippen molar-refractivity contribution in [1.82, 2.24) is 19.7 Å². The van der Waals surface area contributed by atoms with Crippen molar-refractivity contribution >= 4 is 39.4 Å². The molecule has 0 aliphatic heterocycles. The molecule has 0 bridgehead atoms. The van der Waals surface area contributed by atoms with E-state index in [9.17, 15) is 4.79 Å². The Morgan fingerprint density at radius 1 is 1.20 bits per heavy atom. The molecule has 0 saturated carbocycles. The molecular formula is C17H16BrN5OS. The highest BCUT2D eigenvalue weighted by Crippen LogP contribution is 2.24. The van der Waals surface area contributed by atoms with E-state index in [4.69, 9.17) is 0 Å². The maximum absolute atomic E-state index is 12.2. The summed E-state index contributed by atoms with van der Waals surface area (Å²) in [6.45, 7) is 3.93. The van der Waals surface area contributed by atoms with Crippen LogP contribution in [0.3, 0.4) is 0 Å². The second-order valence-corrected chi connectivity index (χ2v) is 7.21. The van der Waals surface area contributed by atoms with Gasteiger partial charge >= 0.3 is 0 Å². The average molecular weight is 418 g/mol. The number of halogens is 1. The highest BCUT2D eigenvalue weighted by molar-refractivity contribution is 9.10. The van der Waals surface area contributed by atoms with Crippen LogP contribution in [0.5, 0.6) is 0 Å². The maximum Gasteiger partial charge on any atom is 0.236 e. The Balaban J connectivity index is 1.71. The van der Waals surface area contributed by atoms with E-state index in [1.54, 1.807) is 12.3 Å². The molecular weight excluding hydrogens is 402 g/mol. The lowest BCUT2D eigenvalue weighted by molar-refractivity contribution is -0.113. The van der Waals surface area contributed by atoms with Crippen LogP contribution in [0.1, 0.15) is 11.4 Å². The van der Waals surface area contributed by atoms with Crippen molar-refractivity contribution in [2.24, 2.45) is 0 Å². The molecule has 1 amide bonds. The van der Waals surface area contributed by atoms with Gasteiger partial charge in [0, 0.05) is 10.7 Å². The summed E-state index contributed by atoms with van der Waals surface area (Å²) in [6.07, 6.45) is 1.64. The number of para-hydroxylation sites is 1. The molecule has 3 rings (SSSR count). The Kier molecular flexibility index (Phi) is 5.50. The molecule has 0 radical (unpaired) electrons. The van der Waals surface area contributed by atoms with Gasteiger partial charge in [-0.2, -0.15) is 0 Å². The van der Waals surface area contributed by atoms with Gasteiger partial charge in [0.2, 0.25) is 5.91 Å². The minimum atomic E-state index is -0.142. The summed E-state index contributed by atoms with van der Waals surface area (Å²) in [5, 5.41) is 11.8. The van der Waals surface area contributed by atoms with Gasteiger partial charge in [-0.15, -0.1) is 10.2 Å². The first kappa shape index (κ1) is 17.6. The third-order valence-electron chi connectivity index (χ3n) is 3.48. The molecule has 0 aliphatic rings. The molecule has 2 heterocycles. The minimum Gasteiger partial charge on any atom is -0.310 e. The summed E-state index contributed by atoms with van der Waals surface area (Å²) in [7, 11) is 0. The molecule has 25 heavy (non-hydrogen) atoms. The van der Waals surface area contributed by atoms with Gasteiger partial charge in [0.1, 0.15) is 11.6 Å². The first-order valence-electron chi connectivity index (χ1n) is 7.57. The summed E-state index contributed by atoms with van der Waals surface area (Å²) in [5.74, 6) is 1.39. The Morgan fingerprint density at radius 2 is 2.00 bits per heavy atom. The second-order valence-electron chi connectivity index (χ2n) is 5.35. The molecule has 1 N–H and O–H groups in total. The minimum absolute atomic E-state index is 0.142. The summed E-state index contributed by atoms with van der Waals surface area (Å²) in [6, 6.07) is 11.6. The van der Waals surface area contributed by atoms with E-state index in [2.05, 4.69) is 36.4 Å². The molecule has 1 aromatic carbocycles. The molecule has 128 valence electrons. The van der Waals surface area contributed by atoms with Gasteiger partial charge in [0.15, 0.2) is 5.16 Å². The van der Waals surface area contributed by atoms with E-state index in [1.165, 1.54) is 11.8 Å². The Bertz CT molecular complexity index is 894. The number of aryl methyl sites for hydroxylation is 2. The van der Waals surface area contributed by atoms with Gasteiger partial charge in [0.05, 0.1) is 11.4 Å². The van der Waals surface area contributed by atoms with Crippen LogP contribution in [0.25, 0.3) is 5.69 Å². The number of pyridine rings is 1. The van der Waals surface area contributed by atoms with Crippen molar-refractivity contribution < 1.29 is 4.79 Å². The lowest BCUT2D eigenvalue weighted by Crippen LogP contribution is -2.15. The monoisotopic (exact) mass is 417 g/mol. The first-order valence-corrected chi connectivity index (χ1v) is 9.34. The molecule has 0 fully saturated rings. The number of anilines is 1. The van der Waals surface area contributed by atoms with Crippen molar-refractivity contribution in [2.75, 3.05) is 11.1 Å². The Hall–Kier alpha value is -2.19. The normalized spacial score (nSPS) is 10.7. The summed E-state index contributed by atoms with van der Waals surface area (Å²) in [5.41, 5.74) is 2.14. The number of carbonyl (C=O) groups is 1. The average Bonchev–Trinajstić information content (AvgIpc) is 2.96. The molecule has 8 heteroatoms. The van der Waals surface area contributed by atoms with Gasteiger partial charge in [-0.1, -0.05) is 30.0 Å². The maximum atomic E-state index is 12.2. The van der Waals surface area contributed by atoms with E-state index in [0.29, 0.717) is 11.0 Å². The van der Waals surface area contributed by atoms with E-state index in [0.717, 1.165) is 21.5 Å². The zero-order chi connectivity index (χ0) is 17.8. The smallest absolute Gasteiger partial charge is 0.236 e. The van der Waals surface area contributed by atoms with Gasteiger partial charge < -0.3 is 5.32 Å². The topological polar surface area (TPSA) is 72.7 Å². The standard InChI is InChI=1S/C17H16BrN5OS/c1-11-5-3-4-6-14(11)23-12(2)21-22-17(23)25-10-16(24)20-15-8-7-13(18)9-19-15/h3-9H,10H2,1-2H3,(H,19,20,24). The second kappa shape index (κ2) is 7.79. The van der Waals surface area contributed by atoms with E-state index < -0.39 is 0 Å². The fraction of sp³-hybridized carbons (Fsp3) is 0.176. The predicted octanol–water partition coefficient (Wildman–Crippen LogP) is 3.77. The van der Waals surface area contributed by atoms with Gasteiger partial charge in [-0.3, -0.25) is 9.36 Å². The van der Waals surface area contributed by atoms with Crippen LogP contribution >= 0.6 is 27.7 Å². The van der Waals surface area contributed by atoms with Gasteiger partial charge in [-0.25, -0.2) is 4.98 Å². The van der Waals surface area contributed by atoms with Gasteiger partial charge in [0.25, 0.3) is 0 Å². The molecule has 0 saturated heterocycles. The van der Waals surface area contributed by atoms with Crippen molar-refractivity contribution in [3.63, 3.8) is 0 Å². The van der Waals surface area contributed by atoms with E-state index in [-0.39, 0.29) is 11.7 Å². The van der Waals surface area contributed by atoms with Crippen LogP contribution in [0.4, 0.5) is 5.82 Å². The molecule has 2 aromatic heterocycles. The lowest BCUT2D eigenvalue weighted by atomic mass is 10.2. The fourth-order valence-electron chi connectivity index (χ4n) is 2.29. The quantitative estimate of drug-likeness (QED) is 0.639. The van der Waals surface area contributed by atoms with Crippen molar-refractivity contribution in [1.29, 1.82) is 0 Å². The van der Waals surface area contributed by atoms with Crippen LogP contribution in [-0.4, -0.2) is 31.4 Å². The third kappa shape index (κ3) is 4.26. The zero-order valence-electron chi connectivity index (χ0n) is 13.7. The highest BCUT2D eigenvalue weighted by Gasteiger charge is 2.14. The van der Waals surface area contributed by atoms with Gasteiger partial charge in [-0.05, 0) is 53.5 Å². The molecule has 0 unspecified atom stereocenters. The Labute approximate surface area is 158 Å². The number of amides is 1. The number of aromatic nitrogens is 4. The highest BCUT2D eigenvalue weighted by atomic mass is 79.9. The van der Waals surface area contributed by atoms with Crippen LogP contribution < -0.4 is 5.32 Å². The number of hydrogen-bond acceptors (Lipinski definition) is 5. The number of carbonyl (C=O) groups excluding carboxylic acids is 1. The summed E-state index contributed by atoms with van der Waals surface area (Å²) < 4.78 is 2.83. The lowest BCUT2D eigenvalue weighted by Gasteiger charge is -2.11. The van der Waals surface area contributed by atoms with E-state index >= 15 is 0 Å². The Morgan fingerprint density at radius 3 is 2.72 bits per heavy atom. The van der Waals surface area contributed by atoms with Crippen LogP contribution in [0, 0.1) is 13.8 Å².